The minimum absolute atomic E-state index is 0.00842. The first-order chi connectivity index (χ1) is 25.5. The summed E-state index contributed by atoms with van der Waals surface area (Å²) in [5.41, 5.74) is 2.07. The van der Waals surface area contributed by atoms with Gasteiger partial charge in [-0.1, -0.05) is 246 Å². The van der Waals surface area contributed by atoms with Crippen LogP contribution < -0.4 is 0 Å². The number of phenolic OH excluding ortho intramolecular Hbond substituents is 1. The Bertz CT molecular complexity index is 1030. The van der Waals surface area contributed by atoms with Crippen molar-refractivity contribution in [2.45, 2.75) is 271 Å². The second-order valence-corrected chi connectivity index (χ2v) is 19.7. The SMILES string of the molecule is CCCCCCCCCCCCCCCCCCC(CCCCCCCCCCCCCCCCC)OP(=O)(O)Cc1cc(C)c(O)c(C(C)(C)C)c1. The summed E-state index contributed by atoms with van der Waals surface area (Å²) in [5.74, 6) is 0.282. The first-order valence-electron chi connectivity index (χ1n) is 23.3. The van der Waals surface area contributed by atoms with Crippen molar-refractivity contribution in [3.8, 4) is 5.75 Å². The first kappa shape index (κ1) is 50.2. The third kappa shape index (κ3) is 28.3. The van der Waals surface area contributed by atoms with Gasteiger partial charge < -0.3 is 14.5 Å². The van der Waals surface area contributed by atoms with E-state index in [0.29, 0.717) is 0 Å². The van der Waals surface area contributed by atoms with Gasteiger partial charge in [0, 0.05) is 0 Å². The van der Waals surface area contributed by atoms with Gasteiger partial charge in [-0.15, -0.1) is 0 Å². The van der Waals surface area contributed by atoms with Crippen LogP contribution >= 0.6 is 7.60 Å². The van der Waals surface area contributed by atoms with Gasteiger partial charge in [-0.25, -0.2) is 0 Å². The standard InChI is InChI=1S/C48H91O4P/c1-7-9-11-13-15-17-19-21-23-25-27-29-31-33-35-37-39-45(38-36-34-32-30-28-26-24-22-20-18-16-14-12-10-8-2)52-53(50,51)42-44-40-43(3)47(49)46(41-44)48(4,5)6/h40-41,45,49H,7-39,42H2,1-6H3,(H,50,51). The van der Waals surface area contributed by atoms with Gasteiger partial charge in [-0.3, -0.25) is 4.57 Å². The molecule has 2 N–H and O–H groups in total. The van der Waals surface area contributed by atoms with Gasteiger partial charge in [0.1, 0.15) is 5.75 Å². The number of phenols is 1. The smallest absolute Gasteiger partial charge is 0.332 e. The number of rotatable bonds is 37. The fourth-order valence-corrected chi connectivity index (χ4v) is 9.33. The average Bonchev–Trinajstić information content (AvgIpc) is 3.10. The highest BCUT2D eigenvalue weighted by molar-refractivity contribution is 7.52. The highest BCUT2D eigenvalue weighted by atomic mass is 31.2. The van der Waals surface area contributed by atoms with Crippen LogP contribution in [0, 0.1) is 6.92 Å². The van der Waals surface area contributed by atoms with Crippen LogP contribution in [-0.4, -0.2) is 16.1 Å². The lowest BCUT2D eigenvalue weighted by molar-refractivity contribution is 0.149. The van der Waals surface area contributed by atoms with Crippen LogP contribution in [0.4, 0.5) is 0 Å². The summed E-state index contributed by atoms with van der Waals surface area (Å²) >= 11 is 0. The summed E-state index contributed by atoms with van der Waals surface area (Å²) < 4.78 is 19.7. The molecule has 312 valence electrons. The predicted octanol–water partition coefficient (Wildman–Crippen LogP) is 17.0. The van der Waals surface area contributed by atoms with Crippen molar-refractivity contribution in [1.29, 1.82) is 0 Å². The van der Waals surface area contributed by atoms with E-state index < -0.39 is 7.60 Å². The molecule has 53 heavy (non-hydrogen) atoms. The molecule has 1 aromatic rings. The van der Waals surface area contributed by atoms with E-state index in [1.807, 2.05) is 19.1 Å². The molecule has 0 radical (unpaired) electrons. The van der Waals surface area contributed by atoms with Crippen molar-refractivity contribution in [2.24, 2.45) is 0 Å². The Hall–Kier alpha value is -0.830. The fraction of sp³-hybridized carbons (Fsp3) is 0.875. The van der Waals surface area contributed by atoms with Crippen LogP contribution in [-0.2, 0) is 20.7 Å². The van der Waals surface area contributed by atoms with Gasteiger partial charge in [0.15, 0.2) is 0 Å². The zero-order chi connectivity index (χ0) is 39.0. The maximum Gasteiger partial charge on any atom is 0.332 e. The highest BCUT2D eigenvalue weighted by Crippen LogP contribution is 2.49. The second kappa shape index (κ2) is 32.3. The normalized spacial score (nSPS) is 13.8. The molecule has 0 amide bonds. The third-order valence-electron chi connectivity index (χ3n) is 11.4. The Morgan fingerprint density at radius 1 is 0.547 bits per heavy atom. The quantitative estimate of drug-likeness (QED) is 0.0523. The molecule has 1 aromatic carbocycles. The Kier molecular flexibility index (Phi) is 30.6. The van der Waals surface area contributed by atoms with Crippen LogP contribution in [0.5, 0.6) is 5.75 Å². The molecule has 4 nitrogen and oxygen atoms in total. The van der Waals surface area contributed by atoms with Crippen LogP contribution in [0.2, 0.25) is 0 Å². The lowest BCUT2D eigenvalue weighted by Crippen LogP contribution is -2.14. The molecule has 0 saturated carbocycles. The molecule has 0 aliphatic heterocycles. The molecule has 5 heteroatoms. The lowest BCUT2D eigenvalue weighted by atomic mass is 9.84. The monoisotopic (exact) mass is 763 g/mol. The van der Waals surface area contributed by atoms with E-state index >= 15 is 0 Å². The van der Waals surface area contributed by atoms with E-state index in [0.717, 1.165) is 42.4 Å². The lowest BCUT2D eigenvalue weighted by Gasteiger charge is -2.24. The summed E-state index contributed by atoms with van der Waals surface area (Å²) in [6, 6.07) is 3.74. The van der Waals surface area contributed by atoms with Crippen molar-refractivity contribution in [3.05, 3.63) is 28.8 Å². The molecule has 2 atom stereocenters. The average molecular weight is 763 g/mol. The van der Waals surface area contributed by atoms with Crippen molar-refractivity contribution in [3.63, 3.8) is 0 Å². The van der Waals surface area contributed by atoms with E-state index in [2.05, 4.69) is 34.6 Å². The zero-order valence-electron chi connectivity index (χ0n) is 36.4. The zero-order valence-corrected chi connectivity index (χ0v) is 37.3. The second-order valence-electron chi connectivity index (χ2n) is 17.9. The summed E-state index contributed by atoms with van der Waals surface area (Å²) in [5, 5.41) is 10.7. The topological polar surface area (TPSA) is 66.8 Å². The van der Waals surface area contributed by atoms with Gasteiger partial charge in [-0.2, -0.15) is 0 Å². The predicted molar refractivity (Wildman–Crippen MR) is 234 cm³/mol. The van der Waals surface area contributed by atoms with E-state index in [1.54, 1.807) is 0 Å². The molecule has 0 aliphatic rings. The Labute approximate surface area is 331 Å². The van der Waals surface area contributed by atoms with Gasteiger partial charge in [0.2, 0.25) is 0 Å². The molecule has 0 heterocycles. The molecular formula is C48H91O4P. The van der Waals surface area contributed by atoms with Gasteiger partial charge >= 0.3 is 7.60 Å². The number of aryl methyl sites for hydroxylation is 1. The number of hydrogen-bond acceptors (Lipinski definition) is 3. The third-order valence-corrected chi connectivity index (χ3v) is 12.8. The van der Waals surface area contributed by atoms with Crippen LogP contribution in [0.1, 0.15) is 263 Å². The minimum atomic E-state index is -3.84. The van der Waals surface area contributed by atoms with E-state index in [4.69, 9.17) is 4.52 Å². The largest absolute Gasteiger partial charge is 0.507 e. The first-order valence-corrected chi connectivity index (χ1v) is 25.1. The number of aromatic hydroxyl groups is 1. The Morgan fingerprint density at radius 3 is 1.15 bits per heavy atom. The van der Waals surface area contributed by atoms with Gasteiger partial charge in [0.25, 0.3) is 0 Å². The van der Waals surface area contributed by atoms with Crippen LogP contribution in [0.25, 0.3) is 0 Å². The molecular weight excluding hydrogens is 671 g/mol. The summed E-state index contributed by atoms with van der Waals surface area (Å²) in [6.45, 7) is 12.6. The van der Waals surface area contributed by atoms with Crippen molar-refractivity contribution < 1.29 is 19.1 Å². The summed E-state index contributed by atoms with van der Waals surface area (Å²) in [6.07, 6.45) is 43.2. The van der Waals surface area contributed by atoms with Crippen molar-refractivity contribution in [1.82, 2.24) is 0 Å². The van der Waals surface area contributed by atoms with E-state index in [9.17, 15) is 14.6 Å². The van der Waals surface area contributed by atoms with E-state index in [-0.39, 0.29) is 23.4 Å². The molecule has 0 saturated heterocycles. The van der Waals surface area contributed by atoms with Crippen molar-refractivity contribution in [2.75, 3.05) is 0 Å². The maximum absolute atomic E-state index is 13.6. The van der Waals surface area contributed by atoms with Crippen LogP contribution in [0.3, 0.4) is 0 Å². The van der Waals surface area contributed by atoms with Gasteiger partial charge in [-0.05, 0) is 41.9 Å². The van der Waals surface area contributed by atoms with Gasteiger partial charge in [0.05, 0.1) is 12.3 Å². The van der Waals surface area contributed by atoms with Crippen molar-refractivity contribution >= 4 is 7.60 Å². The molecule has 0 aliphatic carbocycles. The molecule has 0 bridgehead atoms. The fourth-order valence-electron chi connectivity index (χ4n) is 7.93. The maximum atomic E-state index is 13.6. The highest BCUT2D eigenvalue weighted by Gasteiger charge is 2.27. The molecule has 0 spiro atoms. The number of hydrogen-bond donors (Lipinski definition) is 2. The Morgan fingerprint density at radius 2 is 0.849 bits per heavy atom. The minimum Gasteiger partial charge on any atom is -0.507 e. The van der Waals surface area contributed by atoms with Crippen LogP contribution in [0.15, 0.2) is 12.1 Å². The molecule has 1 rings (SSSR count). The summed E-state index contributed by atoms with van der Waals surface area (Å²) in [4.78, 5) is 11.1. The molecule has 0 fully saturated rings. The number of benzene rings is 1. The molecule has 2 unspecified atom stereocenters. The summed E-state index contributed by atoms with van der Waals surface area (Å²) in [7, 11) is -3.84. The molecule has 0 aromatic heterocycles. The van der Waals surface area contributed by atoms with E-state index in [1.165, 1.54) is 186 Å². The Balaban J connectivity index is 2.42. The number of unbranched alkanes of at least 4 members (excludes halogenated alkanes) is 29.